The van der Waals surface area contributed by atoms with Gasteiger partial charge in [-0.2, -0.15) is 0 Å². The predicted octanol–water partition coefficient (Wildman–Crippen LogP) is 3.97. The smallest absolute Gasteiger partial charge is 0.407 e. The molecule has 23 nitrogen and oxygen atoms in total. The lowest BCUT2D eigenvalue weighted by Gasteiger charge is -2.29. The molecule has 3 heterocycles. The Hall–Kier alpha value is -8.55. The molecule has 1 aliphatic heterocycles. The standard InChI is InChI=1S/C63H80N12O11S2/c1-36(2)53-61(84)74-52(59(82)70-48(54(65)77)30-39-32-67-45-20-13-11-18-42(39)45)35-88-87-34-51(73-55(78)44(64)28-37-16-8-6-9-17-37)60(83)71-49(29-38-23-25-41(76)26-24-38)57(80)72-50(31-40-33-68-46-21-14-12-19-43(40)46)58(81)69-47(56(79)75-53)22-10-7-15-27-66-62(85)86-63(3,4)5/h6,8-9,11-14,16-21,23-26,32-33,36,44,47-53,67-68,76H,7,10,15,22,27-31,34-35,64H2,1-5H3,(H2,65,77)(H,66,85)(H,69,81)(H,70,82)(H,71,83)(H,72,80)(H,73,78)(H,74,84)(H,75,79)/t44-,47+,48+,49+,50-,51+,52+,53+/m1/s1. The Bertz CT molecular complexity index is 3390. The average Bonchev–Trinajstić information content (AvgIpc) is 4.13. The van der Waals surface area contributed by atoms with Crippen molar-refractivity contribution in [1.82, 2.24) is 52.5 Å². The average molecular weight is 1250 g/mol. The van der Waals surface area contributed by atoms with Crippen molar-refractivity contribution < 1.29 is 53.0 Å². The number of H-pyrrole nitrogens is 2. The molecule has 15 N–H and O–H groups in total. The fraction of sp³-hybridized carbons (Fsp3) is 0.413. The number of ether oxygens (including phenoxy) is 1. The van der Waals surface area contributed by atoms with Gasteiger partial charge in [0.15, 0.2) is 0 Å². The number of aromatic hydroxyl groups is 1. The van der Waals surface area contributed by atoms with E-state index < -0.39 is 113 Å². The number of phenolic OH excluding ortho intramolecular Hbond substituents is 1. The first-order valence-electron chi connectivity index (χ1n) is 29.3. The lowest BCUT2D eigenvalue weighted by Crippen LogP contribution is -2.61. The first kappa shape index (κ1) is 67.0. The number of amides is 9. The zero-order valence-corrected chi connectivity index (χ0v) is 51.6. The third-order valence-electron chi connectivity index (χ3n) is 14.7. The minimum atomic E-state index is -1.43. The number of carbonyl (C=O) groups is 9. The van der Waals surface area contributed by atoms with E-state index in [0.29, 0.717) is 36.0 Å². The van der Waals surface area contributed by atoms with Gasteiger partial charge < -0.3 is 73.8 Å². The molecule has 6 aromatic rings. The number of para-hydroxylation sites is 2. The van der Waals surface area contributed by atoms with E-state index in [1.807, 2.05) is 54.6 Å². The molecule has 9 amide bonds. The molecule has 8 atom stereocenters. The van der Waals surface area contributed by atoms with Crippen molar-refractivity contribution in [3.05, 3.63) is 138 Å². The van der Waals surface area contributed by atoms with Gasteiger partial charge in [0, 0.05) is 71.5 Å². The maximum atomic E-state index is 15.1. The van der Waals surface area contributed by atoms with Crippen LogP contribution in [0.5, 0.6) is 5.75 Å². The zero-order valence-electron chi connectivity index (χ0n) is 49.9. The highest BCUT2D eigenvalue weighted by molar-refractivity contribution is 8.76. The third kappa shape index (κ3) is 20.0. The van der Waals surface area contributed by atoms with Crippen LogP contribution in [0.4, 0.5) is 4.79 Å². The summed E-state index contributed by atoms with van der Waals surface area (Å²) in [6.07, 6.45) is 3.94. The van der Waals surface area contributed by atoms with Crippen LogP contribution in [0.25, 0.3) is 21.8 Å². The first-order valence-corrected chi connectivity index (χ1v) is 31.8. The van der Waals surface area contributed by atoms with Crippen LogP contribution in [0.2, 0.25) is 0 Å². The number of nitrogens with one attached hydrogen (secondary N) is 10. The molecule has 2 aromatic heterocycles. The van der Waals surface area contributed by atoms with Gasteiger partial charge in [0.1, 0.15) is 53.6 Å². The number of fused-ring (bicyclic) bond motifs is 2. The number of phenols is 1. The predicted molar refractivity (Wildman–Crippen MR) is 339 cm³/mol. The van der Waals surface area contributed by atoms with E-state index in [-0.39, 0.29) is 55.9 Å². The van der Waals surface area contributed by atoms with E-state index in [9.17, 15) is 38.7 Å². The maximum absolute atomic E-state index is 15.1. The number of alkyl carbamates (subject to hydrolysis) is 1. The lowest BCUT2D eigenvalue weighted by molar-refractivity contribution is -0.136. The molecule has 470 valence electrons. The number of aromatic nitrogens is 2. The summed E-state index contributed by atoms with van der Waals surface area (Å²) in [6, 6.07) is 19.1. The number of hydrogen-bond acceptors (Lipinski definition) is 14. The van der Waals surface area contributed by atoms with Gasteiger partial charge in [-0.05, 0) is 92.5 Å². The zero-order chi connectivity index (χ0) is 63.5. The molecule has 0 aliphatic carbocycles. The molecule has 7 rings (SSSR count). The van der Waals surface area contributed by atoms with E-state index in [4.69, 9.17) is 16.2 Å². The number of unbranched alkanes of at least 4 members (excludes halogenated alkanes) is 2. The molecule has 0 spiro atoms. The number of primary amides is 1. The highest BCUT2D eigenvalue weighted by Gasteiger charge is 2.37. The molecule has 0 unspecified atom stereocenters. The summed E-state index contributed by atoms with van der Waals surface area (Å²) in [5.74, 6) is -7.35. The van der Waals surface area contributed by atoms with E-state index in [1.165, 1.54) is 12.1 Å². The van der Waals surface area contributed by atoms with Crippen LogP contribution in [-0.2, 0) is 68.8 Å². The Morgan fingerprint density at radius 3 is 1.88 bits per heavy atom. The summed E-state index contributed by atoms with van der Waals surface area (Å²) in [5.41, 5.74) is 15.8. The van der Waals surface area contributed by atoms with E-state index >= 15 is 9.59 Å². The molecule has 1 saturated heterocycles. The van der Waals surface area contributed by atoms with Crippen LogP contribution in [0.1, 0.15) is 82.6 Å². The van der Waals surface area contributed by atoms with Gasteiger partial charge in [-0.3, -0.25) is 38.4 Å². The molecule has 0 saturated carbocycles. The summed E-state index contributed by atoms with van der Waals surface area (Å²) in [5, 5.41) is 34.1. The van der Waals surface area contributed by atoms with Gasteiger partial charge in [-0.25, -0.2) is 4.79 Å². The SMILES string of the molecule is CC(C)[C@@H]1NC(=O)[C@H](CCCCCNC(=O)OC(C)(C)C)NC(=O)[C@@H](Cc2c[nH]c3ccccc23)NC(=O)[C@H](Cc2ccc(O)cc2)NC(=O)[C@@H](NC(=O)[C@H](N)Cc2ccccc2)CSSC[C@@H](C(=O)N[C@@H](Cc2c[nH]c3ccccc23)C(N)=O)NC1=O. The summed E-state index contributed by atoms with van der Waals surface area (Å²) >= 11 is 0. The quantitative estimate of drug-likeness (QED) is 0.0380. The fourth-order valence-corrected chi connectivity index (χ4v) is 12.3. The van der Waals surface area contributed by atoms with Gasteiger partial charge in [-0.15, -0.1) is 0 Å². The number of rotatable bonds is 20. The Balaban J connectivity index is 1.25. The summed E-state index contributed by atoms with van der Waals surface area (Å²) in [7, 11) is 2.10. The fourth-order valence-electron chi connectivity index (χ4n) is 9.95. The van der Waals surface area contributed by atoms with Gasteiger partial charge in [0.25, 0.3) is 0 Å². The lowest BCUT2D eigenvalue weighted by atomic mass is 9.99. The van der Waals surface area contributed by atoms with Crippen LogP contribution in [0, 0.1) is 5.92 Å². The summed E-state index contributed by atoms with van der Waals surface area (Å²) in [4.78, 5) is 135. The van der Waals surface area contributed by atoms with Crippen LogP contribution in [0.15, 0.2) is 116 Å². The second-order valence-electron chi connectivity index (χ2n) is 23.1. The number of hydrogen-bond donors (Lipinski definition) is 13. The number of nitrogens with two attached hydrogens (primary N) is 2. The summed E-state index contributed by atoms with van der Waals surface area (Å²) < 4.78 is 5.36. The third-order valence-corrected chi connectivity index (χ3v) is 17.1. The highest BCUT2D eigenvalue weighted by Crippen LogP contribution is 2.26. The second kappa shape index (κ2) is 31.9. The molecule has 88 heavy (non-hydrogen) atoms. The molecule has 25 heteroatoms. The van der Waals surface area contributed by atoms with Gasteiger partial charge in [0.05, 0.1) is 6.04 Å². The van der Waals surface area contributed by atoms with Crippen LogP contribution in [-0.4, -0.2) is 140 Å². The Morgan fingerprint density at radius 2 is 1.23 bits per heavy atom. The Morgan fingerprint density at radius 1 is 0.648 bits per heavy atom. The van der Waals surface area contributed by atoms with E-state index in [1.54, 1.807) is 83.4 Å². The van der Waals surface area contributed by atoms with Crippen molar-refractivity contribution >= 4 is 96.7 Å². The van der Waals surface area contributed by atoms with Crippen molar-refractivity contribution in [2.75, 3.05) is 18.1 Å². The van der Waals surface area contributed by atoms with E-state index in [2.05, 4.69) is 52.5 Å². The molecule has 1 aliphatic rings. The normalized spacial score (nSPS) is 20.1. The monoisotopic (exact) mass is 1240 g/mol. The summed E-state index contributed by atoms with van der Waals surface area (Å²) in [6.45, 7) is 8.86. The van der Waals surface area contributed by atoms with Crippen LogP contribution >= 0.6 is 21.6 Å². The van der Waals surface area contributed by atoms with Gasteiger partial charge in [-0.1, -0.05) is 127 Å². The molecule has 0 radical (unpaired) electrons. The van der Waals surface area contributed by atoms with Crippen molar-refractivity contribution in [2.45, 2.75) is 140 Å². The van der Waals surface area contributed by atoms with E-state index in [0.717, 1.165) is 49.0 Å². The first-order chi connectivity index (χ1) is 42.0. The minimum Gasteiger partial charge on any atom is -0.508 e. The van der Waals surface area contributed by atoms with Crippen molar-refractivity contribution in [3.8, 4) is 5.75 Å². The molecule has 1 fully saturated rings. The topological polar surface area (TPSA) is 363 Å². The maximum Gasteiger partial charge on any atom is 0.407 e. The number of aromatic amines is 2. The van der Waals surface area contributed by atoms with Crippen molar-refractivity contribution in [1.29, 1.82) is 0 Å². The van der Waals surface area contributed by atoms with Gasteiger partial charge in [0.2, 0.25) is 47.3 Å². The number of carbonyl (C=O) groups excluding carboxylic acids is 9. The number of benzene rings is 4. The molecular weight excluding hydrogens is 1160 g/mol. The second-order valence-corrected chi connectivity index (χ2v) is 25.7. The van der Waals surface area contributed by atoms with Crippen molar-refractivity contribution in [2.24, 2.45) is 17.4 Å². The van der Waals surface area contributed by atoms with Crippen LogP contribution in [0.3, 0.4) is 0 Å². The molecular formula is C63H80N12O11S2. The Kier molecular flexibility index (Phi) is 24.3. The van der Waals surface area contributed by atoms with Crippen molar-refractivity contribution in [3.63, 3.8) is 0 Å². The largest absolute Gasteiger partial charge is 0.508 e. The molecule has 0 bridgehead atoms. The molecule has 4 aromatic carbocycles. The van der Waals surface area contributed by atoms with Gasteiger partial charge >= 0.3 is 6.09 Å². The van der Waals surface area contributed by atoms with Crippen LogP contribution < -0.4 is 54.0 Å². The Labute approximate surface area is 518 Å². The minimum absolute atomic E-state index is 0.0109. The highest BCUT2D eigenvalue weighted by atomic mass is 33.1.